The van der Waals surface area contributed by atoms with Crippen LogP contribution in [-0.2, 0) is 18.9 Å². The van der Waals surface area contributed by atoms with Gasteiger partial charge in [0.05, 0.1) is 27.8 Å². The largest absolute Gasteiger partial charge is 0.424 e. The fourth-order valence-electron chi connectivity index (χ4n) is 2.82. The van der Waals surface area contributed by atoms with Crippen molar-refractivity contribution in [3.05, 3.63) is 76.4 Å². The molecule has 4 rings (SSSR count). The summed E-state index contributed by atoms with van der Waals surface area (Å²) in [6.07, 6.45) is 0. The van der Waals surface area contributed by atoms with Gasteiger partial charge in [0.25, 0.3) is 0 Å². The van der Waals surface area contributed by atoms with Crippen LogP contribution >= 0.6 is 0 Å². The summed E-state index contributed by atoms with van der Waals surface area (Å²) in [5.41, 5.74) is 0.701. The Morgan fingerprint density at radius 3 is 1.83 bits per heavy atom. The number of benzene rings is 2. The van der Waals surface area contributed by atoms with Gasteiger partial charge in [-0.2, -0.15) is 0 Å². The highest BCUT2D eigenvalue weighted by molar-refractivity contribution is 6.15. The standard InChI is InChI=1S/C20H10O9/c1-9-12-4-2-10(6-14(12)19(24)28-9)16(21)26-8-27-17(22)11-3-5-13-15(7-11)20(25)29-18(13)23/h2-7H,1,8H2. The van der Waals surface area contributed by atoms with Crippen LogP contribution in [0.15, 0.2) is 43.0 Å². The molecule has 0 aromatic heterocycles. The number of carbonyl (C=O) groups excluding carboxylic acids is 5. The first kappa shape index (κ1) is 18.1. The molecule has 0 fully saturated rings. The van der Waals surface area contributed by atoms with Crippen LogP contribution in [-0.4, -0.2) is 36.6 Å². The minimum atomic E-state index is -0.874. The number of cyclic esters (lactones) is 3. The molecule has 0 bridgehead atoms. The Bertz CT molecular complexity index is 1050. The lowest BCUT2D eigenvalue weighted by molar-refractivity contribution is -0.0167. The summed E-state index contributed by atoms with van der Waals surface area (Å²) in [7, 11) is 0. The predicted octanol–water partition coefficient (Wildman–Crippen LogP) is 2.11. The van der Waals surface area contributed by atoms with Crippen molar-refractivity contribution in [1.29, 1.82) is 0 Å². The Balaban J connectivity index is 1.38. The number of hydrogen-bond acceptors (Lipinski definition) is 9. The van der Waals surface area contributed by atoms with E-state index in [4.69, 9.17) is 14.2 Å². The Kier molecular flexibility index (Phi) is 4.19. The molecule has 0 unspecified atom stereocenters. The molecule has 0 aliphatic carbocycles. The van der Waals surface area contributed by atoms with E-state index in [0.717, 1.165) is 6.07 Å². The summed E-state index contributed by atoms with van der Waals surface area (Å²) in [5.74, 6) is -3.78. The zero-order valence-corrected chi connectivity index (χ0v) is 14.6. The van der Waals surface area contributed by atoms with Gasteiger partial charge in [0.15, 0.2) is 0 Å². The van der Waals surface area contributed by atoms with Crippen molar-refractivity contribution in [2.45, 2.75) is 0 Å². The van der Waals surface area contributed by atoms with Gasteiger partial charge in [0.1, 0.15) is 5.76 Å². The fraction of sp³-hybridized carbons (Fsp3) is 0.0500. The van der Waals surface area contributed by atoms with Crippen molar-refractivity contribution in [2.75, 3.05) is 6.79 Å². The molecule has 2 aliphatic rings. The maximum atomic E-state index is 12.1. The molecule has 0 saturated carbocycles. The van der Waals surface area contributed by atoms with Crippen LogP contribution in [0.3, 0.4) is 0 Å². The van der Waals surface area contributed by atoms with Crippen LogP contribution in [0.1, 0.15) is 57.4 Å². The summed E-state index contributed by atoms with van der Waals surface area (Å²) in [6.45, 7) is 2.88. The third-order valence-electron chi connectivity index (χ3n) is 4.25. The lowest BCUT2D eigenvalue weighted by atomic mass is 10.1. The summed E-state index contributed by atoms with van der Waals surface area (Å²) < 4.78 is 19.0. The van der Waals surface area contributed by atoms with Gasteiger partial charge in [-0.3, -0.25) is 0 Å². The smallest absolute Gasteiger partial charge is 0.346 e. The van der Waals surface area contributed by atoms with Gasteiger partial charge in [0, 0.05) is 5.56 Å². The summed E-state index contributed by atoms with van der Waals surface area (Å²) in [4.78, 5) is 58.8. The van der Waals surface area contributed by atoms with E-state index in [1.165, 1.54) is 30.3 Å². The summed E-state index contributed by atoms with van der Waals surface area (Å²) >= 11 is 0. The van der Waals surface area contributed by atoms with Gasteiger partial charge in [0.2, 0.25) is 6.79 Å². The van der Waals surface area contributed by atoms with Gasteiger partial charge < -0.3 is 18.9 Å². The van der Waals surface area contributed by atoms with Crippen LogP contribution in [0.25, 0.3) is 5.76 Å². The van der Waals surface area contributed by atoms with Crippen LogP contribution < -0.4 is 0 Å². The summed E-state index contributed by atoms with van der Waals surface area (Å²) in [6, 6.07) is 7.91. The van der Waals surface area contributed by atoms with Gasteiger partial charge in [-0.1, -0.05) is 6.58 Å². The Morgan fingerprint density at radius 2 is 1.21 bits per heavy atom. The predicted molar refractivity (Wildman–Crippen MR) is 92.8 cm³/mol. The van der Waals surface area contributed by atoms with Gasteiger partial charge in [-0.05, 0) is 36.4 Å². The molecule has 144 valence electrons. The average Bonchev–Trinajstić information content (AvgIpc) is 3.16. The number of fused-ring (bicyclic) bond motifs is 2. The maximum absolute atomic E-state index is 12.1. The van der Waals surface area contributed by atoms with E-state index in [2.05, 4.69) is 11.3 Å². The molecule has 0 saturated heterocycles. The third kappa shape index (κ3) is 3.14. The lowest BCUT2D eigenvalue weighted by Gasteiger charge is -2.07. The molecular weight excluding hydrogens is 384 g/mol. The highest BCUT2D eigenvalue weighted by atomic mass is 16.7. The minimum Gasteiger partial charge on any atom is -0.424 e. The molecule has 29 heavy (non-hydrogen) atoms. The van der Waals surface area contributed by atoms with Gasteiger partial charge >= 0.3 is 29.8 Å². The van der Waals surface area contributed by atoms with E-state index in [-0.39, 0.29) is 33.6 Å². The molecule has 2 aromatic rings. The SMILES string of the molecule is C=C1OC(=O)c2cc(C(=O)OCOC(=O)c3ccc4c(c3)C(=O)OC4=O)ccc21. The minimum absolute atomic E-state index is 0.0229. The zero-order chi connectivity index (χ0) is 20.7. The van der Waals surface area contributed by atoms with Crippen molar-refractivity contribution in [2.24, 2.45) is 0 Å². The zero-order valence-electron chi connectivity index (χ0n) is 14.6. The van der Waals surface area contributed by atoms with Crippen LogP contribution in [0.5, 0.6) is 0 Å². The molecule has 0 amide bonds. The van der Waals surface area contributed by atoms with Gasteiger partial charge in [-0.25, -0.2) is 24.0 Å². The normalized spacial score (nSPS) is 14.1. The van der Waals surface area contributed by atoms with E-state index in [1.807, 2.05) is 0 Å². The lowest BCUT2D eigenvalue weighted by Crippen LogP contribution is -2.14. The number of carbonyl (C=O) groups is 5. The maximum Gasteiger partial charge on any atom is 0.346 e. The highest BCUT2D eigenvalue weighted by Gasteiger charge is 2.30. The molecule has 0 atom stereocenters. The molecule has 0 radical (unpaired) electrons. The van der Waals surface area contributed by atoms with E-state index in [9.17, 15) is 24.0 Å². The van der Waals surface area contributed by atoms with Crippen LogP contribution in [0, 0.1) is 0 Å². The van der Waals surface area contributed by atoms with Gasteiger partial charge in [-0.15, -0.1) is 0 Å². The molecule has 0 N–H and O–H groups in total. The number of hydrogen-bond donors (Lipinski definition) is 0. The van der Waals surface area contributed by atoms with Crippen molar-refractivity contribution in [3.63, 3.8) is 0 Å². The molecule has 2 aromatic carbocycles. The molecule has 9 heteroatoms. The Labute approximate surface area is 162 Å². The van der Waals surface area contributed by atoms with Crippen molar-refractivity contribution in [1.82, 2.24) is 0 Å². The molecule has 2 aliphatic heterocycles. The average molecular weight is 394 g/mol. The summed E-state index contributed by atoms with van der Waals surface area (Å²) in [5, 5.41) is 0. The second kappa shape index (κ2) is 6.71. The van der Waals surface area contributed by atoms with Crippen molar-refractivity contribution >= 4 is 35.6 Å². The van der Waals surface area contributed by atoms with E-state index in [0.29, 0.717) is 5.56 Å². The Hall–Kier alpha value is -4.27. The van der Waals surface area contributed by atoms with E-state index < -0.39 is 36.6 Å². The van der Waals surface area contributed by atoms with Crippen molar-refractivity contribution in [3.8, 4) is 0 Å². The third-order valence-corrected chi connectivity index (χ3v) is 4.25. The first-order valence-electron chi connectivity index (χ1n) is 8.15. The fourth-order valence-corrected chi connectivity index (χ4v) is 2.82. The second-order valence-corrected chi connectivity index (χ2v) is 5.99. The van der Waals surface area contributed by atoms with E-state index >= 15 is 0 Å². The number of ether oxygens (including phenoxy) is 4. The molecular formula is C20H10O9. The monoisotopic (exact) mass is 394 g/mol. The second-order valence-electron chi connectivity index (χ2n) is 5.99. The number of esters is 5. The van der Waals surface area contributed by atoms with Crippen molar-refractivity contribution < 1.29 is 42.9 Å². The first-order chi connectivity index (χ1) is 13.8. The molecule has 9 nitrogen and oxygen atoms in total. The Morgan fingerprint density at radius 1 is 0.724 bits per heavy atom. The first-order valence-corrected chi connectivity index (χ1v) is 8.15. The topological polar surface area (TPSA) is 122 Å². The molecule has 2 heterocycles. The quantitative estimate of drug-likeness (QED) is 0.332. The molecule has 0 spiro atoms. The number of rotatable bonds is 4. The van der Waals surface area contributed by atoms with E-state index in [1.54, 1.807) is 0 Å². The van der Waals surface area contributed by atoms with Crippen LogP contribution in [0.2, 0.25) is 0 Å². The highest BCUT2D eigenvalue weighted by Crippen LogP contribution is 2.29. The van der Waals surface area contributed by atoms with Crippen LogP contribution in [0.4, 0.5) is 0 Å².